The zero-order valence-electron chi connectivity index (χ0n) is 17.2. The topological polar surface area (TPSA) is 48.9 Å². The number of para-hydroxylation sites is 1. The number of guanidine groups is 1. The van der Waals surface area contributed by atoms with Crippen molar-refractivity contribution in [2.75, 3.05) is 31.6 Å². The van der Waals surface area contributed by atoms with E-state index in [1.165, 1.54) is 24.1 Å². The van der Waals surface area contributed by atoms with Gasteiger partial charge in [0.1, 0.15) is 5.75 Å². The molecule has 0 radical (unpaired) electrons. The van der Waals surface area contributed by atoms with Gasteiger partial charge in [0, 0.05) is 30.9 Å². The fourth-order valence-corrected chi connectivity index (χ4v) is 3.57. The molecule has 28 heavy (non-hydrogen) atoms. The molecular weight excluding hydrogens is 348 g/mol. The molecule has 1 aliphatic rings. The lowest BCUT2D eigenvalue weighted by molar-refractivity contribution is 0.410. The third kappa shape index (κ3) is 5.18. The number of rotatable bonds is 7. The molecule has 0 bridgehead atoms. The average molecular weight is 381 g/mol. The van der Waals surface area contributed by atoms with Gasteiger partial charge in [0.25, 0.3) is 0 Å². The maximum absolute atomic E-state index is 5.44. The summed E-state index contributed by atoms with van der Waals surface area (Å²) in [5, 5.41) is 6.89. The first-order valence-corrected chi connectivity index (χ1v) is 10.2. The second kappa shape index (κ2) is 10.0. The van der Waals surface area contributed by atoms with E-state index in [-0.39, 0.29) is 6.04 Å². The Labute approximate surface area is 168 Å². The van der Waals surface area contributed by atoms with Gasteiger partial charge < -0.3 is 20.3 Å². The van der Waals surface area contributed by atoms with Crippen molar-refractivity contribution >= 4 is 11.6 Å². The molecule has 1 heterocycles. The molecule has 5 nitrogen and oxygen atoms in total. The lowest BCUT2D eigenvalue weighted by Gasteiger charge is -2.22. The molecule has 1 fully saturated rings. The predicted octanol–water partition coefficient (Wildman–Crippen LogP) is 4.11. The van der Waals surface area contributed by atoms with Crippen LogP contribution in [0.25, 0.3) is 0 Å². The Morgan fingerprint density at radius 3 is 2.68 bits per heavy atom. The van der Waals surface area contributed by atoms with Crippen molar-refractivity contribution in [1.29, 1.82) is 0 Å². The highest BCUT2D eigenvalue weighted by molar-refractivity contribution is 5.80. The van der Waals surface area contributed by atoms with E-state index in [0.717, 1.165) is 36.9 Å². The van der Waals surface area contributed by atoms with Gasteiger partial charge in [-0.25, -0.2) is 4.99 Å². The van der Waals surface area contributed by atoms with Crippen LogP contribution in [0.3, 0.4) is 0 Å². The highest BCUT2D eigenvalue weighted by Gasteiger charge is 2.14. The molecule has 2 N–H and O–H groups in total. The zero-order valence-corrected chi connectivity index (χ0v) is 17.2. The fraction of sp³-hybridized carbons (Fsp3) is 0.435. The van der Waals surface area contributed by atoms with E-state index in [9.17, 15) is 0 Å². The van der Waals surface area contributed by atoms with Gasteiger partial charge in [0.2, 0.25) is 0 Å². The van der Waals surface area contributed by atoms with E-state index in [0.29, 0.717) is 6.54 Å². The number of hydrogen-bond acceptors (Lipinski definition) is 3. The molecule has 3 rings (SSSR count). The van der Waals surface area contributed by atoms with Crippen molar-refractivity contribution < 1.29 is 4.74 Å². The van der Waals surface area contributed by atoms with Crippen LogP contribution >= 0.6 is 0 Å². The van der Waals surface area contributed by atoms with Crippen LogP contribution in [-0.4, -0.2) is 32.7 Å². The fourth-order valence-electron chi connectivity index (χ4n) is 3.57. The normalized spacial score (nSPS) is 15.4. The van der Waals surface area contributed by atoms with Crippen LogP contribution in [0, 0.1) is 0 Å². The zero-order chi connectivity index (χ0) is 19.8. The van der Waals surface area contributed by atoms with Crippen molar-refractivity contribution in [2.24, 2.45) is 4.99 Å². The minimum atomic E-state index is 0.165. The van der Waals surface area contributed by atoms with Crippen molar-refractivity contribution in [3.05, 3.63) is 59.7 Å². The predicted molar refractivity (Wildman–Crippen MR) is 117 cm³/mol. The van der Waals surface area contributed by atoms with Crippen LogP contribution < -0.4 is 20.3 Å². The minimum absolute atomic E-state index is 0.165. The second-order valence-corrected chi connectivity index (χ2v) is 7.16. The lowest BCUT2D eigenvalue weighted by atomic mass is 10.1. The summed E-state index contributed by atoms with van der Waals surface area (Å²) in [5.74, 6) is 1.68. The molecule has 1 unspecified atom stereocenters. The molecule has 0 amide bonds. The summed E-state index contributed by atoms with van der Waals surface area (Å²) >= 11 is 0. The maximum atomic E-state index is 5.44. The van der Waals surface area contributed by atoms with Crippen molar-refractivity contribution in [1.82, 2.24) is 10.6 Å². The summed E-state index contributed by atoms with van der Waals surface area (Å²) in [6, 6.07) is 17.0. The summed E-state index contributed by atoms with van der Waals surface area (Å²) in [4.78, 5) is 7.23. The number of hydrogen-bond donors (Lipinski definition) is 2. The Hall–Kier alpha value is -2.69. The summed E-state index contributed by atoms with van der Waals surface area (Å²) < 4.78 is 5.44. The number of nitrogens with one attached hydrogen (secondary N) is 2. The van der Waals surface area contributed by atoms with Gasteiger partial charge in [-0.15, -0.1) is 0 Å². The number of ether oxygens (including phenoxy) is 1. The van der Waals surface area contributed by atoms with Crippen LogP contribution in [0.4, 0.5) is 5.69 Å². The van der Waals surface area contributed by atoms with Crippen molar-refractivity contribution in [3.63, 3.8) is 0 Å². The number of methoxy groups -OCH3 is 1. The second-order valence-electron chi connectivity index (χ2n) is 7.16. The largest absolute Gasteiger partial charge is 0.496 e. The van der Waals surface area contributed by atoms with Crippen LogP contribution in [0.5, 0.6) is 5.75 Å². The van der Waals surface area contributed by atoms with Gasteiger partial charge in [-0.3, -0.25) is 0 Å². The van der Waals surface area contributed by atoms with E-state index >= 15 is 0 Å². The van der Waals surface area contributed by atoms with E-state index in [1.807, 2.05) is 18.2 Å². The molecule has 1 aliphatic heterocycles. The number of benzene rings is 2. The Morgan fingerprint density at radius 1 is 1.14 bits per heavy atom. The first-order chi connectivity index (χ1) is 13.7. The van der Waals surface area contributed by atoms with Crippen molar-refractivity contribution in [2.45, 2.75) is 39.3 Å². The third-order valence-corrected chi connectivity index (χ3v) is 5.14. The first-order valence-electron chi connectivity index (χ1n) is 10.2. The lowest BCUT2D eigenvalue weighted by Crippen LogP contribution is -2.38. The van der Waals surface area contributed by atoms with Crippen molar-refractivity contribution in [3.8, 4) is 5.75 Å². The van der Waals surface area contributed by atoms with E-state index in [1.54, 1.807) is 7.11 Å². The molecule has 1 saturated heterocycles. The van der Waals surface area contributed by atoms with Gasteiger partial charge in [-0.1, -0.05) is 30.3 Å². The number of anilines is 1. The van der Waals surface area contributed by atoms with E-state index in [2.05, 4.69) is 59.7 Å². The standard InChI is InChI=1S/C23H32N4O/c1-4-24-23(25-17-20-10-5-6-13-22(20)28-3)26-18(2)19-11-9-12-21(16-19)27-14-7-8-15-27/h5-6,9-13,16,18H,4,7-8,14-15,17H2,1-3H3,(H2,24,25,26). The molecule has 0 spiro atoms. The molecule has 2 aromatic rings. The van der Waals surface area contributed by atoms with Crippen LogP contribution in [0.1, 0.15) is 43.9 Å². The van der Waals surface area contributed by atoms with Gasteiger partial charge >= 0.3 is 0 Å². The molecule has 0 aromatic heterocycles. The molecule has 150 valence electrons. The molecule has 0 saturated carbocycles. The van der Waals surface area contributed by atoms with Gasteiger partial charge in [-0.2, -0.15) is 0 Å². The monoisotopic (exact) mass is 380 g/mol. The van der Waals surface area contributed by atoms with E-state index < -0.39 is 0 Å². The SMILES string of the molecule is CCNC(=NCc1ccccc1OC)NC(C)c1cccc(N2CCCC2)c1. The molecule has 5 heteroatoms. The Balaban J connectivity index is 1.70. The summed E-state index contributed by atoms with van der Waals surface area (Å²) in [7, 11) is 1.70. The highest BCUT2D eigenvalue weighted by atomic mass is 16.5. The van der Waals surface area contributed by atoms with Crippen LogP contribution in [0.15, 0.2) is 53.5 Å². The molecule has 2 aromatic carbocycles. The maximum Gasteiger partial charge on any atom is 0.192 e. The van der Waals surface area contributed by atoms with Gasteiger partial charge in [0.05, 0.1) is 19.7 Å². The molecule has 1 atom stereocenters. The Bertz CT molecular complexity index is 784. The third-order valence-electron chi connectivity index (χ3n) is 5.14. The van der Waals surface area contributed by atoms with Gasteiger partial charge in [-0.05, 0) is 50.5 Å². The quantitative estimate of drug-likeness (QED) is 0.561. The summed E-state index contributed by atoms with van der Waals surface area (Å²) in [6.45, 7) is 7.97. The minimum Gasteiger partial charge on any atom is -0.496 e. The highest BCUT2D eigenvalue weighted by Crippen LogP contribution is 2.24. The number of aliphatic imine (C=N–C) groups is 1. The van der Waals surface area contributed by atoms with Crippen LogP contribution in [-0.2, 0) is 6.54 Å². The van der Waals surface area contributed by atoms with E-state index in [4.69, 9.17) is 9.73 Å². The average Bonchev–Trinajstić information content (AvgIpc) is 3.27. The smallest absolute Gasteiger partial charge is 0.192 e. The van der Waals surface area contributed by atoms with Crippen LogP contribution in [0.2, 0.25) is 0 Å². The van der Waals surface area contributed by atoms with Gasteiger partial charge in [0.15, 0.2) is 5.96 Å². The Kier molecular flexibility index (Phi) is 7.18. The molecule has 0 aliphatic carbocycles. The first kappa shape index (κ1) is 20.1. The number of nitrogens with zero attached hydrogens (tertiary/aromatic N) is 2. The molecular formula is C23H32N4O. The summed E-state index contributed by atoms with van der Waals surface area (Å²) in [6.07, 6.45) is 2.58. The summed E-state index contributed by atoms with van der Waals surface area (Å²) in [5.41, 5.74) is 3.66. The Morgan fingerprint density at radius 2 is 1.93 bits per heavy atom.